The quantitative estimate of drug-likeness (QED) is 0.523. The molecule has 0 radical (unpaired) electrons. The zero-order valence-corrected chi connectivity index (χ0v) is 14.5. The smallest absolute Gasteiger partial charge is 0.0309 e. The number of fused-ring (bicyclic) bond motifs is 1. The van der Waals surface area contributed by atoms with Gasteiger partial charge in [0.05, 0.1) is 0 Å². The molecule has 0 bridgehead atoms. The van der Waals surface area contributed by atoms with E-state index in [0.29, 0.717) is 0 Å². The van der Waals surface area contributed by atoms with Gasteiger partial charge in [-0.3, -0.25) is 0 Å². The summed E-state index contributed by atoms with van der Waals surface area (Å²) in [5.74, 6) is 0. The van der Waals surface area contributed by atoms with Crippen molar-refractivity contribution in [2.24, 2.45) is 0 Å². The van der Waals surface area contributed by atoms with Crippen molar-refractivity contribution < 1.29 is 0 Å². The van der Waals surface area contributed by atoms with E-state index in [-0.39, 0.29) is 10.5 Å². The largest absolute Gasteiger partial charge is 0.188 e. The van der Waals surface area contributed by atoms with E-state index >= 15 is 0 Å². The summed E-state index contributed by atoms with van der Waals surface area (Å²) in [4.78, 5) is 1.56. The molecule has 4 unspecified atom stereocenters. The van der Waals surface area contributed by atoms with Gasteiger partial charge in [-0.25, -0.2) is 0 Å². The molecular weight excluding hydrogens is 351 g/mol. The molecule has 94 valence electrons. The predicted molar refractivity (Wildman–Crippen MR) is 90.7 cm³/mol. The van der Waals surface area contributed by atoms with Crippen LogP contribution in [0.5, 0.6) is 0 Å². The van der Waals surface area contributed by atoms with Crippen LogP contribution < -0.4 is 0 Å². The average Bonchev–Trinajstić information content (AvgIpc) is 2.66. The molecule has 17 heavy (non-hydrogen) atoms. The van der Waals surface area contributed by atoms with Gasteiger partial charge in [-0.1, -0.05) is 40.6 Å². The molecular formula is C12H16BrPS3. The maximum absolute atomic E-state index is 5.84. The fourth-order valence-corrected chi connectivity index (χ4v) is 19.9. The highest BCUT2D eigenvalue weighted by Gasteiger charge is 2.39. The topological polar surface area (TPSA) is 0 Å². The molecule has 1 aromatic carbocycles. The highest BCUT2D eigenvalue weighted by atomic mass is 79.9. The second-order valence-electron chi connectivity index (χ2n) is 4.62. The van der Waals surface area contributed by atoms with Crippen LogP contribution in [0.2, 0.25) is 0 Å². The highest BCUT2D eigenvalue weighted by Crippen LogP contribution is 2.78. The summed E-state index contributed by atoms with van der Waals surface area (Å²) in [6.45, 7) is 0. The van der Waals surface area contributed by atoms with Gasteiger partial charge in [-0.15, -0.1) is 11.4 Å². The van der Waals surface area contributed by atoms with Crippen LogP contribution >= 0.6 is 42.9 Å². The third-order valence-electron chi connectivity index (χ3n) is 3.55. The molecule has 1 aliphatic carbocycles. The zero-order valence-electron chi connectivity index (χ0n) is 9.43. The zero-order chi connectivity index (χ0) is 11.8. The lowest BCUT2D eigenvalue weighted by molar-refractivity contribution is 0.529. The SMILES string of the molecule is S=[PH]1SC2CCCCC2[SH]1c1ccc(Br)cc1. The molecule has 5 heteroatoms. The normalized spacial score (nSPS) is 38.9. The summed E-state index contributed by atoms with van der Waals surface area (Å²) in [7, 11) is -0.0124. The molecule has 1 aliphatic heterocycles. The Morgan fingerprint density at radius 3 is 2.71 bits per heavy atom. The Bertz CT molecular complexity index is 434. The molecule has 1 saturated carbocycles. The van der Waals surface area contributed by atoms with Crippen molar-refractivity contribution in [2.45, 2.75) is 41.1 Å². The molecule has 2 fully saturated rings. The van der Waals surface area contributed by atoms with Crippen LogP contribution in [0.15, 0.2) is 33.6 Å². The Morgan fingerprint density at radius 2 is 1.94 bits per heavy atom. The van der Waals surface area contributed by atoms with Crippen LogP contribution in [0.4, 0.5) is 0 Å². The maximum Gasteiger partial charge on any atom is 0.0309 e. The van der Waals surface area contributed by atoms with E-state index in [1.54, 1.807) is 4.90 Å². The van der Waals surface area contributed by atoms with Gasteiger partial charge >= 0.3 is 0 Å². The van der Waals surface area contributed by atoms with E-state index in [1.807, 2.05) is 0 Å². The molecule has 4 atom stereocenters. The second-order valence-corrected chi connectivity index (χ2v) is 17.4. The van der Waals surface area contributed by atoms with Crippen molar-refractivity contribution in [1.29, 1.82) is 0 Å². The number of thiol groups is 1. The minimum Gasteiger partial charge on any atom is -0.188 e. The minimum absolute atomic E-state index is 0.0124. The Labute approximate surface area is 124 Å². The van der Waals surface area contributed by atoms with E-state index in [4.69, 9.17) is 11.8 Å². The Balaban J connectivity index is 1.90. The minimum atomic E-state index is -0.592. The predicted octanol–water partition coefficient (Wildman–Crippen LogP) is 5.37. The number of hydrogen-bond acceptors (Lipinski definition) is 2. The van der Waals surface area contributed by atoms with Gasteiger partial charge in [0.1, 0.15) is 0 Å². The summed E-state index contributed by atoms with van der Waals surface area (Å²) >= 11 is 11.5. The van der Waals surface area contributed by atoms with Crippen LogP contribution in [0, 0.1) is 0 Å². The molecule has 1 heterocycles. The van der Waals surface area contributed by atoms with Crippen LogP contribution in [0.1, 0.15) is 25.7 Å². The van der Waals surface area contributed by atoms with Gasteiger partial charge in [-0.2, -0.15) is 10.5 Å². The molecule has 0 N–H and O–H groups in total. The first-order valence-electron chi connectivity index (χ1n) is 6.01. The summed E-state index contributed by atoms with van der Waals surface area (Å²) in [5, 5.41) is 1.26. The highest BCUT2D eigenvalue weighted by molar-refractivity contribution is 9.10. The van der Waals surface area contributed by atoms with E-state index in [0.717, 1.165) is 10.5 Å². The first-order chi connectivity index (χ1) is 8.25. The van der Waals surface area contributed by atoms with Gasteiger partial charge in [0, 0.05) is 20.1 Å². The molecule has 0 amide bonds. The molecule has 3 rings (SSSR count). The molecule has 1 aromatic rings. The van der Waals surface area contributed by atoms with Crippen molar-refractivity contribution in [3.8, 4) is 0 Å². The second kappa shape index (κ2) is 5.58. The molecule has 1 saturated heterocycles. The summed E-state index contributed by atoms with van der Waals surface area (Å²) in [6, 6.07) is 8.99. The molecule has 2 aliphatic rings. The molecule has 0 aromatic heterocycles. The van der Waals surface area contributed by atoms with Gasteiger partial charge in [0.2, 0.25) is 0 Å². The van der Waals surface area contributed by atoms with Crippen LogP contribution in [0.3, 0.4) is 0 Å². The summed E-state index contributed by atoms with van der Waals surface area (Å²) < 4.78 is 1.18. The lowest BCUT2D eigenvalue weighted by Gasteiger charge is -2.30. The van der Waals surface area contributed by atoms with E-state index in [2.05, 4.69) is 51.6 Å². The van der Waals surface area contributed by atoms with Crippen molar-refractivity contribution >= 4 is 54.7 Å². The third-order valence-corrected chi connectivity index (χ3v) is 17.7. The van der Waals surface area contributed by atoms with Crippen molar-refractivity contribution in [2.75, 3.05) is 0 Å². The van der Waals surface area contributed by atoms with Crippen molar-refractivity contribution in [3.63, 3.8) is 0 Å². The monoisotopic (exact) mass is 366 g/mol. The maximum atomic E-state index is 5.84. The Kier molecular flexibility index (Phi) is 4.29. The fraction of sp³-hybridized carbons (Fsp3) is 0.500. The van der Waals surface area contributed by atoms with Crippen LogP contribution in [0.25, 0.3) is 0 Å². The lowest BCUT2D eigenvalue weighted by Crippen LogP contribution is -2.22. The van der Waals surface area contributed by atoms with Crippen LogP contribution in [-0.2, 0) is 11.8 Å². The summed E-state index contributed by atoms with van der Waals surface area (Å²) in [6.07, 6.45) is 5.73. The van der Waals surface area contributed by atoms with Crippen LogP contribution in [-0.4, -0.2) is 10.5 Å². The Morgan fingerprint density at radius 1 is 1.24 bits per heavy atom. The van der Waals surface area contributed by atoms with Gasteiger partial charge < -0.3 is 0 Å². The third kappa shape index (κ3) is 2.67. The number of benzene rings is 1. The lowest BCUT2D eigenvalue weighted by atomic mass is 10.00. The van der Waals surface area contributed by atoms with Gasteiger partial charge in [0.15, 0.2) is 0 Å². The number of halogens is 1. The standard InChI is InChI=1S/C12H16BrPS3/c13-9-5-7-10(8-6-9)17-12-4-2-1-3-11(12)16-14(17)15/h5-8,11-12,14,17H,1-4H2. The first kappa shape index (κ1) is 13.1. The van der Waals surface area contributed by atoms with Crippen molar-refractivity contribution in [3.05, 3.63) is 28.7 Å². The van der Waals surface area contributed by atoms with Crippen molar-refractivity contribution in [1.82, 2.24) is 0 Å². The van der Waals surface area contributed by atoms with E-state index in [1.165, 1.54) is 30.2 Å². The molecule has 0 nitrogen and oxygen atoms in total. The first-order valence-corrected chi connectivity index (χ1v) is 13.3. The van der Waals surface area contributed by atoms with Gasteiger partial charge in [0.25, 0.3) is 0 Å². The van der Waals surface area contributed by atoms with E-state index < -0.39 is 5.10 Å². The van der Waals surface area contributed by atoms with Gasteiger partial charge in [-0.05, 0) is 42.0 Å². The Hall–Kier alpha value is 1.05. The molecule has 0 spiro atoms. The summed E-state index contributed by atoms with van der Waals surface area (Å²) in [5.41, 5.74) is 0. The fourth-order valence-electron chi connectivity index (χ4n) is 2.73. The van der Waals surface area contributed by atoms with E-state index in [9.17, 15) is 0 Å². The number of hydrogen-bond donors (Lipinski definition) is 1. The average molecular weight is 367 g/mol. The number of rotatable bonds is 1.